The first-order valence-corrected chi connectivity index (χ1v) is 5.78. The van der Waals surface area contributed by atoms with Gasteiger partial charge in [0, 0.05) is 26.2 Å². The van der Waals surface area contributed by atoms with E-state index in [1.807, 2.05) is 0 Å². The normalized spacial score (nSPS) is 23.6. The molecular weight excluding hydrogens is 238 g/mol. The van der Waals surface area contributed by atoms with E-state index in [-0.39, 0.29) is 5.75 Å². The van der Waals surface area contributed by atoms with Gasteiger partial charge in [-0.1, -0.05) is 50.1 Å². The maximum absolute atomic E-state index is 10.3. The van der Waals surface area contributed by atoms with Crippen molar-refractivity contribution in [1.82, 2.24) is 5.32 Å². The maximum atomic E-state index is 10.3. The molecule has 0 aliphatic carbocycles. The highest BCUT2D eigenvalue weighted by molar-refractivity contribution is 5.88. The molecular formula is C16H21NO2. The van der Waals surface area contributed by atoms with E-state index in [0.717, 1.165) is 5.39 Å². The Balaban J connectivity index is 2.23. The molecule has 2 N–H and O–H groups in total. The van der Waals surface area contributed by atoms with Crippen molar-refractivity contribution in [2.45, 2.75) is 25.8 Å². The van der Waals surface area contributed by atoms with Crippen LogP contribution in [0.3, 0.4) is 0 Å². The van der Waals surface area contributed by atoms with Gasteiger partial charge in [0.1, 0.15) is 18.4 Å². The summed E-state index contributed by atoms with van der Waals surface area (Å²) >= 11 is 0. The Hall–Kier alpha value is -1.58. The van der Waals surface area contributed by atoms with Crippen LogP contribution in [0.2, 0.25) is 0 Å². The van der Waals surface area contributed by atoms with E-state index < -0.39 is 38.9 Å². The third-order valence-corrected chi connectivity index (χ3v) is 2.50. The molecule has 1 atom stereocenters. The van der Waals surface area contributed by atoms with Crippen LogP contribution in [-0.2, 0) is 0 Å². The molecule has 0 heterocycles. The number of nitrogens with one attached hydrogen (secondary N) is 1. The van der Waals surface area contributed by atoms with Gasteiger partial charge in [0.15, 0.2) is 0 Å². The second-order valence-electron chi connectivity index (χ2n) is 3.94. The van der Waals surface area contributed by atoms with Crippen LogP contribution < -0.4 is 10.1 Å². The molecule has 0 aliphatic heterocycles. The molecule has 0 saturated carbocycles. The Labute approximate surface area is 126 Å². The summed E-state index contributed by atoms with van der Waals surface area (Å²) in [5, 5.41) is 13.7. The summed E-state index contributed by atoms with van der Waals surface area (Å²) in [5.41, 5.74) is 0. The largest absolute Gasteiger partial charge is 0.490 e. The molecule has 0 spiro atoms. The summed E-state index contributed by atoms with van der Waals surface area (Å²) in [6.07, 6.45) is -2.97. The Morgan fingerprint density at radius 3 is 2.95 bits per heavy atom. The molecule has 19 heavy (non-hydrogen) atoms. The van der Waals surface area contributed by atoms with Gasteiger partial charge in [-0.15, -0.1) is 0 Å². The minimum Gasteiger partial charge on any atom is -0.490 e. The molecule has 3 nitrogen and oxygen atoms in total. The second kappa shape index (κ2) is 6.55. The van der Waals surface area contributed by atoms with E-state index in [1.165, 1.54) is 6.07 Å². The molecule has 0 bridgehead atoms. The lowest BCUT2D eigenvalue weighted by atomic mass is 10.1. The second-order valence-corrected chi connectivity index (χ2v) is 3.94. The first-order chi connectivity index (χ1) is 12.7. The molecule has 0 radical (unpaired) electrons. The number of hydrogen-bond acceptors (Lipinski definition) is 3. The summed E-state index contributed by atoms with van der Waals surface area (Å²) in [6.45, 7) is -9.83. The van der Waals surface area contributed by atoms with Gasteiger partial charge < -0.3 is 15.2 Å². The lowest BCUT2D eigenvalue weighted by molar-refractivity contribution is 0.105. The summed E-state index contributed by atoms with van der Waals surface area (Å²) in [7, 11) is 0. The van der Waals surface area contributed by atoms with Gasteiger partial charge in [-0.3, -0.25) is 0 Å². The molecule has 0 fully saturated rings. The topological polar surface area (TPSA) is 41.5 Å². The van der Waals surface area contributed by atoms with Crippen molar-refractivity contribution >= 4 is 10.8 Å². The van der Waals surface area contributed by atoms with Crippen molar-refractivity contribution in [1.29, 1.82) is 0 Å². The fourth-order valence-electron chi connectivity index (χ4n) is 1.63. The molecule has 3 heteroatoms. The van der Waals surface area contributed by atoms with Gasteiger partial charge >= 0.3 is 0 Å². The molecule has 2 rings (SSSR count). The maximum Gasteiger partial charge on any atom is 0.127 e. The smallest absolute Gasteiger partial charge is 0.127 e. The zero-order valence-electron chi connectivity index (χ0n) is 19.2. The summed E-state index contributed by atoms with van der Waals surface area (Å²) < 4.78 is 73.1. The Morgan fingerprint density at radius 2 is 2.11 bits per heavy atom. The van der Waals surface area contributed by atoms with Crippen molar-refractivity contribution in [2.75, 3.05) is 13.1 Å². The average Bonchev–Trinajstić information content (AvgIpc) is 2.52. The quantitative estimate of drug-likeness (QED) is 0.846. The van der Waals surface area contributed by atoms with Gasteiger partial charge in [-0.25, -0.2) is 0 Å². The van der Waals surface area contributed by atoms with Gasteiger partial charge in [0.05, 0.1) is 4.11 Å². The van der Waals surface area contributed by atoms with Gasteiger partial charge in [0.25, 0.3) is 0 Å². The average molecular weight is 268 g/mol. The number of benzene rings is 2. The predicted molar refractivity (Wildman–Crippen MR) is 78.6 cm³/mol. The van der Waals surface area contributed by atoms with E-state index in [4.69, 9.17) is 17.1 Å². The van der Waals surface area contributed by atoms with Crippen molar-refractivity contribution in [2.24, 2.45) is 0 Å². The lowest BCUT2D eigenvalue weighted by Gasteiger charge is -2.15. The minimum absolute atomic E-state index is 0.0805. The fraction of sp³-hybridized carbons (Fsp3) is 0.375. The third-order valence-electron chi connectivity index (χ3n) is 2.50. The standard InChI is InChI=1S/C16H21NO2/c1-12(2)17-10-14(18)11-19-16-9-5-7-13-6-3-4-8-15(13)16/h3-9,12,14,17-18H,10-11H2,1-2H3/i1D3,2D3,11D2,14D. The monoisotopic (exact) mass is 268 g/mol. The van der Waals surface area contributed by atoms with E-state index in [2.05, 4.69) is 5.32 Å². The minimum atomic E-state index is -2.97. The van der Waals surface area contributed by atoms with Crippen molar-refractivity contribution in [3.63, 3.8) is 0 Å². The summed E-state index contributed by atoms with van der Waals surface area (Å²) in [5.74, 6) is 0.0805. The van der Waals surface area contributed by atoms with E-state index in [0.29, 0.717) is 5.39 Å². The van der Waals surface area contributed by atoms with Crippen LogP contribution in [0.25, 0.3) is 10.8 Å². The van der Waals surface area contributed by atoms with Crippen molar-refractivity contribution < 1.29 is 22.2 Å². The molecule has 0 amide bonds. The SMILES string of the molecule is [2H]C([2H])([2H])C(NCC([2H])(O)C([2H])([2H])Oc1cccc2ccccc12)C([2H])([2H])[2H]. The zero-order valence-corrected chi connectivity index (χ0v) is 10.2. The Bertz CT molecular complexity index is 798. The summed E-state index contributed by atoms with van der Waals surface area (Å²) in [4.78, 5) is 0. The van der Waals surface area contributed by atoms with E-state index >= 15 is 0 Å². The number of rotatable bonds is 6. The molecule has 0 saturated heterocycles. The first-order valence-electron chi connectivity index (χ1n) is 10.3. The Kier molecular flexibility index (Phi) is 2.15. The molecule has 0 aliphatic rings. The number of fused-ring (bicyclic) bond motifs is 1. The van der Waals surface area contributed by atoms with E-state index in [9.17, 15) is 5.11 Å². The van der Waals surface area contributed by atoms with Gasteiger partial charge in [-0.2, -0.15) is 0 Å². The van der Waals surface area contributed by atoms with Crippen LogP contribution in [-0.4, -0.2) is 30.3 Å². The number of aliphatic hydroxyl groups is 1. The third kappa shape index (κ3) is 3.94. The fourth-order valence-corrected chi connectivity index (χ4v) is 1.63. The summed E-state index contributed by atoms with van der Waals surface area (Å²) in [6, 6.07) is 9.80. The van der Waals surface area contributed by atoms with E-state index in [1.54, 1.807) is 36.4 Å². The van der Waals surface area contributed by atoms with Crippen molar-refractivity contribution in [3.8, 4) is 5.75 Å². The van der Waals surface area contributed by atoms with Crippen LogP contribution >= 0.6 is 0 Å². The highest BCUT2D eigenvalue weighted by atomic mass is 16.5. The van der Waals surface area contributed by atoms with Crippen LogP contribution in [0.1, 0.15) is 26.0 Å². The number of hydrogen-bond donors (Lipinski definition) is 2. The zero-order chi connectivity index (χ0) is 21.4. The molecule has 102 valence electrons. The van der Waals surface area contributed by atoms with Crippen molar-refractivity contribution in [3.05, 3.63) is 42.5 Å². The molecule has 1 unspecified atom stereocenters. The molecule has 0 aromatic heterocycles. The number of ether oxygens (including phenoxy) is 1. The van der Waals surface area contributed by atoms with Gasteiger partial charge in [-0.05, 0) is 11.5 Å². The van der Waals surface area contributed by atoms with Gasteiger partial charge in [0.2, 0.25) is 0 Å². The van der Waals surface area contributed by atoms with Crippen LogP contribution in [0, 0.1) is 0 Å². The highest BCUT2D eigenvalue weighted by Gasteiger charge is 2.07. The Morgan fingerprint density at radius 1 is 1.32 bits per heavy atom. The lowest BCUT2D eigenvalue weighted by Crippen LogP contribution is -2.35. The molecule has 2 aromatic carbocycles. The molecule has 2 aromatic rings. The first kappa shape index (κ1) is 6.25. The van der Waals surface area contributed by atoms with Crippen LogP contribution in [0.4, 0.5) is 0 Å². The highest BCUT2D eigenvalue weighted by Crippen LogP contribution is 2.25. The van der Waals surface area contributed by atoms with Crippen LogP contribution in [0.5, 0.6) is 5.75 Å². The van der Waals surface area contributed by atoms with Crippen LogP contribution in [0.15, 0.2) is 42.5 Å². The predicted octanol–water partition coefficient (Wildman–Crippen LogP) is 2.58.